The molecule has 0 saturated carbocycles. The third-order valence-electron chi connectivity index (χ3n) is 2.87. The first kappa shape index (κ1) is 13.1. The van der Waals surface area contributed by atoms with Crippen LogP contribution in [0.15, 0.2) is 52.5 Å². The van der Waals surface area contributed by atoms with Crippen LogP contribution in [0, 0.1) is 0 Å². The van der Waals surface area contributed by atoms with Crippen LogP contribution < -0.4 is 0 Å². The Kier molecular flexibility index (Phi) is 3.19. The first-order valence-corrected chi connectivity index (χ1v) is 7.65. The van der Waals surface area contributed by atoms with Crippen molar-refractivity contribution in [3.63, 3.8) is 0 Å². The highest BCUT2D eigenvalue weighted by atomic mass is 35.5. The zero-order chi connectivity index (χ0) is 14.2. The summed E-state index contributed by atoms with van der Waals surface area (Å²) in [5.74, 6) is 0. The van der Waals surface area contributed by atoms with E-state index >= 15 is 0 Å². The summed E-state index contributed by atoms with van der Waals surface area (Å²) in [6, 6.07) is 9.90. The lowest BCUT2D eigenvalue weighted by Gasteiger charge is -2.23. The molecule has 0 N–H and O–H groups in total. The number of aliphatic imine (C=N–C) groups is 1. The number of pyridine rings is 1. The maximum atomic E-state index is 12.5. The normalized spacial score (nSPS) is 15.9. The molecular formula is C13H10ClN3O2S. The van der Waals surface area contributed by atoms with Crippen LogP contribution in [-0.2, 0) is 16.6 Å². The highest BCUT2D eigenvalue weighted by molar-refractivity contribution is 7.89. The van der Waals surface area contributed by atoms with Crippen molar-refractivity contribution < 1.29 is 8.42 Å². The number of benzene rings is 1. The number of halogens is 1. The van der Waals surface area contributed by atoms with E-state index in [9.17, 15) is 8.42 Å². The average molecular weight is 308 g/mol. The van der Waals surface area contributed by atoms with Gasteiger partial charge in [0.1, 0.15) is 11.2 Å². The molecule has 3 rings (SSSR count). The van der Waals surface area contributed by atoms with Gasteiger partial charge in [-0.2, -0.15) is 0 Å². The van der Waals surface area contributed by atoms with Gasteiger partial charge >= 0.3 is 0 Å². The van der Waals surface area contributed by atoms with Crippen molar-refractivity contribution in [3.8, 4) is 0 Å². The number of aromatic nitrogens is 1. The highest BCUT2D eigenvalue weighted by Gasteiger charge is 2.28. The Balaban J connectivity index is 1.98. The fourth-order valence-electron chi connectivity index (χ4n) is 1.92. The molecule has 7 heteroatoms. The highest BCUT2D eigenvalue weighted by Crippen LogP contribution is 2.30. The van der Waals surface area contributed by atoms with Crippen LogP contribution in [-0.4, -0.2) is 24.0 Å². The standard InChI is InChI=1S/C13H10ClN3O2S/c14-10-5-6-15-11(7-10)8-17-9-16-12-3-1-2-4-13(12)20(17,18)19/h1-7,9H,8H2. The van der Waals surface area contributed by atoms with E-state index in [1.54, 1.807) is 42.6 Å². The zero-order valence-corrected chi connectivity index (χ0v) is 11.8. The van der Waals surface area contributed by atoms with Gasteiger partial charge in [0.2, 0.25) is 0 Å². The Morgan fingerprint density at radius 3 is 2.80 bits per heavy atom. The first-order chi connectivity index (χ1) is 9.57. The Labute approximate surface area is 121 Å². The lowest BCUT2D eigenvalue weighted by atomic mass is 10.3. The van der Waals surface area contributed by atoms with Crippen LogP contribution in [0.25, 0.3) is 0 Å². The molecule has 102 valence electrons. The van der Waals surface area contributed by atoms with E-state index in [-0.39, 0.29) is 11.4 Å². The van der Waals surface area contributed by atoms with Crippen molar-refractivity contribution in [2.45, 2.75) is 11.4 Å². The molecule has 20 heavy (non-hydrogen) atoms. The number of hydrogen-bond donors (Lipinski definition) is 0. The number of sulfonamides is 1. The summed E-state index contributed by atoms with van der Waals surface area (Å²) in [7, 11) is -3.59. The van der Waals surface area contributed by atoms with Crippen molar-refractivity contribution >= 4 is 33.7 Å². The minimum Gasteiger partial charge on any atom is -0.259 e. The Bertz CT molecular complexity index is 790. The van der Waals surface area contributed by atoms with Gasteiger partial charge in [-0.1, -0.05) is 23.7 Å². The second kappa shape index (κ2) is 4.88. The van der Waals surface area contributed by atoms with Crippen LogP contribution in [0.4, 0.5) is 5.69 Å². The summed E-state index contributed by atoms with van der Waals surface area (Å²) in [5.41, 5.74) is 1.01. The van der Waals surface area contributed by atoms with Gasteiger partial charge < -0.3 is 0 Å². The van der Waals surface area contributed by atoms with Crippen LogP contribution in [0.1, 0.15) is 5.69 Å². The molecule has 0 spiro atoms. The van der Waals surface area contributed by atoms with Crippen molar-refractivity contribution in [3.05, 3.63) is 53.3 Å². The second-order valence-corrected chi connectivity index (χ2v) is 6.52. The van der Waals surface area contributed by atoms with Crippen LogP contribution in [0.5, 0.6) is 0 Å². The zero-order valence-electron chi connectivity index (χ0n) is 10.3. The van der Waals surface area contributed by atoms with Crippen LogP contribution in [0.2, 0.25) is 5.02 Å². The van der Waals surface area contributed by atoms with Gasteiger partial charge in [-0.3, -0.25) is 9.29 Å². The smallest absolute Gasteiger partial charge is 0.259 e. The molecule has 0 unspecified atom stereocenters. The van der Waals surface area contributed by atoms with E-state index in [0.717, 1.165) is 4.31 Å². The Morgan fingerprint density at radius 1 is 1.20 bits per heavy atom. The number of nitrogens with zero attached hydrogens (tertiary/aromatic N) is 3. The topological polar surface area (TPSA) is 62.6 Å². The van der Waals surface area contributed by atoms with Gasteiger partial charge in [0, 0.05) is 11.2 Å². The van der Waals surface area contributed by atoms with Gasteiger partial charge in [0.05, 0.1) is 17.9 Å². The number of para-hydroxylation sites is 1. The molecule has 5 nitrogen and oxygen atoms in total. The van der Waals surface area contributed by atoms with Crippen molar-refractivity contribution in [2.75, 3.05) is 0 Å². The molecule has 0 bridgehead atoms. The Hall–Kier alpha value is -1.92. The number of rotatable bonds is 2. The number of hydrogen-bond acceptors (Lipinski definition) is 4. The van der Waals surface area contributed by atoms with E-state index in [4.69, 9.17) is 11.6 Å². The quantitative estimate of drug-likeness (QED) is 0.856. The van der Waals surface area contributed by atoms with Gasteiger partial charge in [-0.15, -0.1) is 0 Å². The molecule has 2 aromatic rings. The van der Waals surface area contributed by atoms with E-state index in [2.05, 4.69) is 9.98 Å². The molecule has 1 aliphatic heterocycles. The minimum atomic E-state index is -3.59. The predicted molar refractivity (Wildman–Crippen MR) is 76.6 cm³/mol. The molecule has 0 saturated heterocycles. The summed E-state index contributed by atoms with van der Waals surface area (Å²) < 4.78 is 26.1. The van der Waals surface area contributed by atoms with Gasteiger partial charge in [0.25, 0.3) is 10.0 Å². The molecule has 0 radical (unpaired) electrons. The summed E-state index contributed by atoms with van der Waals surface area (Å²) >= 11 is 5.87. The lowest BCUT2D eigenvalue weighted by Crippen LogP contribution is -2.31. The van der Waals surface area contributed by atoms with Crippen molar-refractivity contribution in [1.82, 2.24) is 9.29 Å². The SMILES string of the molecule is O=S1(=O)c2ccccc2N=CN1Cc1cc(Cl)ccn1. The fourth-order valence-corrected chi connectivity index (χ4v) is 3.46. The largest absolute Gasteiger partial charge is 0.267 e. The van der Waals surface area contributed by atoms with Gasteiger partial charge in [0.15, 0.2) is 0 Å². The molecule has 1 aliphatic rings. The minimum absolute atomic E-state index is 0.0979. The third kappa shape index (κ3) is 2.28. The van der Waals surface area contributed by atoms with E-state index in [1.807, 2.05) is 0 Å². The summed E-state index contributed by atoms with van der Waals surface area (Å²) in [4.78, 5) is 8.45. The fraction of sp³-hybridized carbons (Fsp3) is 0.0769. The second-order valence-electron chi connectivity index (χ2n) is 4.23. The molecule has 1 aromatic heterocycles. The molecule has 2 heterocycles. The van der Waals surface area contributed by atoms with Crippen molar-refractivity contribution in [2.24, 2.45) is 4.99 Å². The summed E-state index contributed by atoms with van der Waals surface area (Å²) in [6.07, 6.45) is 2.85. The lowest BCUT2D eigenvalue weighted by molar-refractivity contribution is 0.518. The third-order valence-corrected chi connectivity index (χ3v) is 4.85. The van der Waals surface area contributed by atoms with E-state index in [0.29, 0.717) is 16.4 Å². The molecule has 0 atom stereocenters. The number of fused-ring (bicyclic) bond motifs is 1. The van der Waals surface area contributed by atoms with E-state index in [1.165, 1.54) is 6.34 Å². The maximum absolute atomic E-state index is 12.5. The molecule has 0 aliphatic carbocycles. The van der Waals surface area contributed by atoms with Crippen LogP contribution >= 0.6 is 11.6 Å². The van der Waals surface area contributed by atoms with Crippen molar-refractivity contribution in [1.29, 1.82) is 0 Å². The summed E-state index contributed by atoms with van der Waals surface area (Å²) in [5, 5.41) is 0.516. The Morgan fingerprint density at radius 2 is 2.00 bits per heavy atom. The van der Waals surface area contributed by atoms with Gasteiger partial charge in [-0.25, -0.2) is 13.4 Å². The molecule has 0 amide bonds. The average Bonchev–Trinajstić information content (AvgIpc) is 2.42. The summed E-state index contributed by atoms with van der Waals surface area (Å²) in [6.45, 7) is 0.0979. The molecule has 1 aromatic carbocycles. The molecule has 0 fully saturated rings. The first-order valence-electron chi connectivity index (χ1n) is 5.83. The molecular weight excluding hydrogens is 298 g/mol. The van der Waals surface area contributed by atoms with E-state index < -0.39 is 10.0 Å². The van der Waals surface area contributed by atoms with Gasteiger partial charge in [-0.05, 0) is 24.3 Å². The predicted octanol–water partition coefficient (Wildman–Crippen LogP) is 2.60. The van der Waals surface area contributed by atoms with Crippen LogP contribution in [0.3, 0.4) is 0 Å². The monoisotopic (exact) mass is 307 g/mol. The maximum Gasteiger partial charge on any atom is 0.267 e.